The lowest BCUT2D eigenvalue weighted by atomic mass is 10.2. The van der Waals surface area contributed by atoms with Crippen molar-refractivity contribution in [2.24, 2.45) is 9.98 Å². The lowest BCUT2D eigenvalue weighted by Gasteiger charge is -2.07. The van der Waals surface area contributed by atoms with Gasteiger partial charge in [-0.1, -0.05) is 58.5 Å². The first-order valence-corrected chi connectivity index (χ1v) is 10.4. The van der Waals surface area contributed by atoms with Gasteiger partial charge in [-0.15, -0.1) is 0 Å². The highest BCUT2D eigenvalue weighted by Crippen LogP contribution is 2.18. The Balaban J connectivity index is 0. The third-order valence-electron chi connectivity index (χ3n) is 3.09. The van der Waals surface area contributed by atoms with Crippen molar-refractivity contribution in [3.05, 3.63) is 34.7 Å². The molecule has 0 amide bonds. The number of thioether (sulfide) groups is 1. The van der Waals surface area contributed by atoms with Crippen LogP contribution in [0, 0.1) is 0 Å². The lowest BCUT2D eigenvalue weighted by molar-refractivity contribution is 0.194. The minimum atomic E-state index is 0.588. The topological polar surface area (TPSA) is 46.0 Å². The third-order valence-corrected chi connectivity index (χ3v) is 3.90. The Morgan fingerprint density at radius 1 is 1.31 bits per heavy atom. The smallest absolute Gasteiger partial charge is 0.107 e. The number of methoxy groups -OCH3 is 1. The molecule has 0 saturated heterocycles. The molecule has 0 aromatic heterocycles. The van der Waals surface area contributed by atoms with Crippen LogP contribution in [0.5, 0.6) is 0 Å². The van der Waals surface area contributed by atoms with Crippen molar-refractivity contribution >= 4 is 23.2 Å². The van der Waals surface area contributed by atoms with E-state index >= 15 is 0 Å². The largest absolute Gasteiger partial charge is 0.385 e. The molecule has 0 fully saturated rings. The highest BCUT2D eigenvalue weighted by atomic mass is 32.2. The minimum Gasteiger partial charge on any atom is -0.385 e. The van der Waals surface area contributed by atoms with E-state index in [1.54, 1.807) is 18.9 Å². The zero-order chi connectivity index (χ0) is 20.2. The molecule has 0 atom stereocenters. The van der Waals surface area contributed by atoms with Crippen LogP contribution in [0.4, 0.5) is 0 Å². The predicted molar refractivity (Wildman–Crippen MR) is 121 cm³/mol. The summed E-state index contributed by atoms with van der Waals surface area (Å²) in [5, 5.41) is 5.21. The van der Waals surface area contributed by atoms with Gasteiger partial charge >= 0.3 is 0 Å². The molecule has 0 aromatic carbocycles. The molecule has 150 valence electrons. The third kappa shape index (κ3) is 15.0. The zero-order valence-electron chi connectivity index (χ0n) is 17.9. The Morgan fingerprint density at radius 2 is 2.00 bits per heavy atom. The number of allylic oxidation sites excluding steroid dienone is 2. The first-order chi connectivity index (χ1) is 12.6. The van der Waals surface area contributed by atoms with Gasteiger partial charge in [0.1, 0.15) is 6.67 Å². The number of unbranched alkanes of at least 4 members (excludes halogenated alkanes) is 1. The Bertz CT molecular complexity index is 476. The summed E-state index contributed by atoms with van der Waals surface area (Å²) in [7, 11) is 1.73. The molecule has 0 radical (unpaired) electrons. The van der Waals surface area contributed by atoms with Crippen LogP contribution in [-0.4, -0.2) is 38.4 Å². The van der Waals surface area contributed by atoms with Crippen LogP contribution in [0.3, 0.4) is 0 Å². The van der Waals surface area contributed by atoms with Crippen molar-refractivity contribution < 1.29 is 4.74 Å². The van der Waals surface area contributed by atoms with Crippen molar-refractivity contribution in [3.63, 3.8) is 0 Å². The molecule has 1 aliphatic heterocycles. The first-order valence-electron chi connectivity index (χ1n) is 9.51. The van der Waals surface area contributed by atoms with Crippen LogP contribution in [0.1, 0.15) is 60.8 Å². The van der Waals surface area contributed by atoms with Gasteiger partial charge in [-0.2, -0.15) is 0 Å². The molecule has 4 nitrogen and oxygen atoms in total. The fraction of sp³-hybridized carbons (Fsp3) is 0.619. The molecule has 0 aliphatic carbocycles. The molecule has 1 heterocycles. The highest BCUT2D eigenvalue weighted by molar-refractivity contribution is 8.06. The monoisotopic (exact) mass is 381 g/mol. The molecule has 0 saturated carbocycles. The first kappa shape index (κ1) is 26.9. The molecule has 26 heavy (non-hydrogen) atoms. The SMILES string of the molecule is C=C(S/C=C\CC)C1=NC/C(C)=C\NC/N=C\1C.CC.CCCCOC. The van der Waals surface area contributed by atoms with E-state index in [4.69, 9.17) is 4.74 Å². The standard InChI is InChI=1S/C14H21N3S.C5H12O.C2H6/c1-5-6-7-18-13(4)14-12(3)17-10-15-8-11(2)9-16-14;1-3-4-5-6-2;1-2/h6-8,15H,4-5,9-10H2,1-3H3;3-5H2,1-2H3;1-2H3/b7-6-,11-8-,16-14?,17-12-;;. The molecule has 1 rings (SSSR count). The van der Waals surface area contributed by atoms with Crippen LogP contribution < -0.4 is 5.32 Å². The average molecular weight is 382 g/mol. The number of nitrogens with zero attached hydrogens (tertiary/aromatic N) is 2. The molecule has 0 unspecified atom stereocenters. The summed E-state index contributed by atoms with van der Waals surface area (Å²) in [6.45, 7) is 18.6. The van der Waals surface area contributed by atoms with E-state index in [1.165, 1.54) is 18.4 Å². The summed E-state index contributed by atoms with van der Waals surface area (Å²) in [6, 6.07) is 0. The second-order valence-electron chi connectivity index (χ2n) is 5.43. The fourth-order valence-corrected chi connectivity index (χ4v) is 2.46. The second-order valence-corrected chi connectivity index (χ2v) is 6.43. The van der Waals surface area contributed by atoms with E-state index in [-0.39, 0.29) is 0 Å². The number of hydrogen-bond donors (Lipinski definition) is 1. The van der Waals surface area contributed by atoms with E-state index in [0.717, 1.165) is 29.4 Å². The summed E-state index contributed by atoms with van der Waals surface area (Å²) in [4.78, 5) is 10.0. The van der Waals surface area contributed by atoms with Crippen LogP contribution in [-0.2, 0) is 4.74 Å². The van der Waals surface area contributed by atoms with Gasteiger partial charge in [0.25, 0.3) is 0 Å². The van der Waals surface area contributed by atoms with Crippen LogP contribution in [0.25, 0.3) is 0 Å². The Kier molecular flexibility index (Phi) is 20.7. The summed E-state index contributed by atoms with van der Waals surface area (Å²) in [6.07, 6.45) is 7.54. The van der Waals surface area contributed by atoms with E-state index in [0.29, 0.717) is 13.2 Å². The van der Waals surface area contributed by atoms with Crippen molar-refractivity contribution in [1.82, 2.24) is 5.32 Å². The summed E-state index contributed by atoms with van der Waals surface area (Å²) < 4.78 is 4.78. The van der Waals surface area contributed by atoms with Gasteiger partial charge in [0.05, 0.1) is 18.0 Å². The molecule has 1 aliphatic rings. The number of ether oxygens (including phenoxy) is 1. The maximum atomic E-state index is 4.78. The zero-order valence-corrected chi connectivity index (χ0v) is 18.7. The normalized spacial score (nSPS) is 18.0. The van der Waals surface area contributed by atoms with Gasteiger partial charge in [-0.05, 0) is 43.9 Å². The van der Waals surface area contributed by atoms with Gasteiger partial charge < -0.3 is 10.1 Å². The Labute approximate surface area is 166 Å². The van der Waals surface area contributed by atoms with Crippen molar-refractivity contribution in [2.75, 3.05) is 26.9 Å². The average Bonchev–Trinajstić information content (AvgIpc) is 2.73. The summed E-state index contributed by atoms with van der Waals surface area (Å²) >= 11 is 1.61. The van der Waals surface area contributed by atoms with Crippen molar-refractivity contribution in [2.45, 2.75) is 60.8 Å². The lowest BCUT2D eigenvalue weighted by Crippen LogP contribution is -2.14. The number of aliphatic imine (C=N–C) groups is 2. The fourth-order valence-electron chi connectivity index (χ4n) is 1.68. The molecular formula is C21H39N3OS. The van der Waals surface area contributed by atoms with Gasteiger partial charge in [-0.3, -0.25) is 9.98 Å². The van der Waals surface area contributed by atoms with E-state index in [2.05, 4.69) is 54.1 Å². The second kappa shape index (κ2) is 20.0. The predicted octanol–water partition coefficient (Wildman–Crippen LogP) is 5.98. The van der Waals surface area contributed by atoms with Gasteiger partial charge in [-0.25, -0.2) is 0 Å². The van der Waals surface area contributed by atoms with Crippen molar-refractivity contribution in [1.29, 1.82) is 0 Å². The quantitative estimate of drug-likeness (QED) is 0.552. The molecule has 0 spiro atoms. The number of nitrogens with one attached hydrogen (secondary N) is 1. The Hall–Kier alpha value is -1.33. The summed E-state index contributed by atoms with van der Waals surface area (Å²) in [5.41, 5.74) is 3.05. The van der Waals surface area contributed by atoms with Crippen LogP contribution in [0.2, 0.25) is 0 Å². The maximum absolute atomic E-state index is 4.78. The van der Waals surface area contributed by atoms with E-state index in [9.17, 15) is 0 Å². The Morgan fingerprint density at radius 3 is 2.54 bits per heavy atom. The highest BCUT2D eigenvalue weighted by Gasteiger charge is 2.09. The maximum Gasteiger partial charge on any atom is 0.107 e. The van der Waals surface area contributed by atoms with Gasteiger partial charge in [0.15, 0.2) is 0 Å². The van der Waals surface area contributed by atoms with Crippen molar-refractivity contribution in [3.8, 4) is 0 Å². The minimum absolute atomic E-state index is 0.588. The molecule has 0 bridgehead atoms. The summed E-state index contributed by atoms with van der Waals surface area (Å²) in [5.74, 6) is 0. The van der Waals surface area contributed by atoms with E-state index in [1.807, 2.05) is 27.0 Å². The van der Waals surface area contributed by atoms with E-state index < -0.39 is 0 Å². The molecule has 1 N–H and O–H groups in total. The van der Waals surface area contributed by atoms with Gasteiger partial charge in [0, 0.05) is 18.6 Å². The number of rotatable bonds is 7. The number of hydrogen-bond acceptors (Lipinski definition) is 5. The van der Waals surface area contributed by atoms with Gasteiger partial charge in [0.2, 0.25) is 0 Å². The van der Waals surface area contributed by atoms with Crippen LogP contribution >= 0.6 is 11.8 Å². The molecular weight excluding hydrogens is 342 g/mol. The molecule has 0 aromatic rings. The van der Waals surface area contributed by atoms with Crippen LogP contribution in [0.15, 0.2) is 44.7 Å². The molecule has 5 heteroatoms.